The molecule has 1 amide bonds. The summed E-state index contributed by atoms with van der Waals surface area (Å²) in [5.74, 6) is -1.24. The molecule has 5 rings (SSSR count). The van der Waals surface area contributed by atoms with Gasteiger partial charge in [-0.15, -0.1) is 12.4 Å². The molecule has 8 heteroatoms. The Morgan fingerprint density at radius 1 is 1.09 bits per heavy atom. The maximum absolute atomic E-state index is 14.1. The van der Waals surface area contributed by atoms with E-state index in [9.17, 15) is 19.1 Å². The van der Waals surface area contributed by atoms with Gasteiger partial charge < -0.3 is 14.6 Å². The second-order valence-electron chi connectivity index (χ2n) is 8.60. The second kappa shape index (κ2) is 9.43. The first-order valence-corrected chi connectivity index (χ1v) is 11.1. The van der Waals surface area contributed by atoms with Crippen LogP contribution in [0.15, 0.2) is 54.6 Å². The Kier molecular flexibility index (Phi) is 6.57. The number of hydrogen-bond donors (Lipinski definition) is 1. The molecular weight excluding hydrogens is 457 g/mol. The number of piperidine rings is 1. The number of hydrogen-bond acceptors (Lipinski definition) is 3. The largest absolute Gasteiger partial charge is 0.480 e. The van der Waals surface area contributed by atoms with Gasteiger partial charge in [-0.3, -0.25) is 9.59 Å². The predicted molar refractivity (Wildman–Crippen MR) is 131 cm³/mol. The third-order valence-corrected chi connectivity index (χ3v) is 6.64. The van der Waals surface area contributed by atoms with Crippen LogP contribution in [-0.4, -0.2) is 44.5 Å². The minimum atomic E-state index is -0.936. The van der Waals surface area contributed by atoms with Crippen LogP contribution < -0.4 is 0 Å². The number of para-hydroxylation sites is 1. The minimum Gasteiger partial charge on any atom is -0.480 e. The van der Waals surface area contributed by atoms with Gasteiger partial charge in [0, 0.05) is 35.1 Å². The lowest BCUT2D eigenvalue weighted by Gasteiger charge is -2.32. The number of aromatic nitrogens is 2. The summed E-state index contributed by atoms with van der Waals surface area (Å²) in [6.07, 6.45) is 1.45. The fourth-order valence-electron chi connectivity index (χ4n) is 5.05. The number of halogens is 2. The highest BCUT2D eigenvalue weighted by atomic mass is 35.5. The van der Waals surface area contributed by atoms with E-state index >= 15 is 0 Å². The molecule has 0 unspecified atom stereocenters. The summed E-state index contributed by atoms with van der Waals surface area (Å²) >= 11 is 0. The summed E-state index contributed by atoms with van der Waals surface area (Å²) in [7, 11) is 0. The van der Waals surface area contributed by atoms with Crippen molar-refractivity contribution in [2.45, 2.75) is 32.2 Å². The van der Waals surface area contributed by atoms with Crippen LogP contribution in [0.4, 0.5) is 4.39 Å². The van der Waals surface area contributed by atoms with Crippen molar-refractivity contribution in [1.82, 2.24) is 14.5 Å². The van der Waals surface area contributed by atoms with Crippen LogP contribution in [-0.2, 0) is 11.3 Å². The standard InChI is InChI=1S/C26H24FN3O3.ClH/c1-16-25(20-14-19(27)7-9-23(20)30(16)15-24(31)32)18-10-12-29(13-11-18)26(33)22-8-6-17-4-2-3-5-21(17)28-22;/h2-9,14,18H,10-13,15H2,1H3,(H,31,32);1H. The van der Waals surface area contributed by atoms with Crippen molar-refractivity contribution < 1.29 is 19.1 Å². The van der Waals surface area contributed by atoms with Crippen LogP contribution in [0, 0.1) is 12.7 Å². The van der Waals surface area contributed by atoms with Crippen molar-refractivity contribution in [2.75, 3.05) is 13.1 Å². The van der Waals surface area contributed by atoms with Gasteiger partial charge in [-0.05, 0) is 61.6 Å². The third-order valence-electron chi connectivity index (χ3n) is 6.64. The minimum absolute atomic E-state index is 0. The lowest BCUT2D eigenvalue weighted by atomic mass is 9.87. The zero-order chi connectivity index (χ0) is 23.1. The van der Waals surface area contributed by atoms with Crippen LogP contribution in [0.25, 0.3) is 21.8 Å². The van der Waals surface area contributed by atoms with Crippen molar-refractivity contribution in [3.63, 3.8) is 0 Å². The first kappa shape index (κ1) is 23.7. The van der Waals surface area contributed by atoms with E-state index in [1.807, 2.05) is 42.2 Å². The molecule has 0 atom stereocenters. The number of fused-ring (bicyclic) bond motifs is 2. The number of rotatable bonds is 4. The normalized spacial score (nSPS) is 14.4. The average Bonchev–Trinajstić information content (AvgIpc) is 3.08. The monoisotopic (exact) mass is 481 g/mol. The van der Waals surface area contributed by atoms with Crippen LogP contribution >= 0.6 is 12.4 Å². The van der Waals surface area contributed by atoms with Crippen LogP contribution in [0.5, 0.6) is 0 Å². The molecule has 1 saturated heterocycles. The van der Waals surface area contributed by atoms with Gasteiger partial charge in [0.2, 0.25) is 0 Å². The Hall–Kier alpha value is -3.45. The lowest BCUT2D eigenvalue weighted by molar-refractivity contribution is -0.137. The summed E-state index contributed by atoms with van der Waals surface area (Å²) in [4.78, 5) is 30.8. The second-order valence-corrected chi connectivity index (χ2v) is 8.60. The number of nitrogens with zero attached hydrogens (tertiary/aromatic N) is 3. The van der Waals surface area contributed by atoms with Gasteiger partial charge in [-0.1, -0.05) is 24.3 Å². The topological polar surface area (TPSA) is 75.4 Å². The number of carboxylic acids is 1. The summed E-state index contributed by atoms with van der Waals surface area (Å²) in [6, 6.07) is 15.9. The number of aliphatic carboxylic acids is 1. The molecule has 1 aliphatic heterocycles. The first-order chi connectivity index (χ1) is 15.9. The fourth-order valence-corrected chi connectivity index (χ4v) is 5.05. The molecular formula is C26H25ClFN3O3. The van der Waals surface area contributed by atoms with E-state index in [0.29, 0.717) is 18.8 Å². The molecule has 0 saturated carbocycles. The number of carbonyl (C=O) groups is 2. The number of carboxylic acid groups (broad SMARTS) is 1. The van der Waals surface area contributed by atoms with Crippen molar-refractivity contribution >= 4 is 46.1 Å². The molecule has 176 valence electrons. The Balaban J connectivity index is 0.00000274. The van der Waals surface area contributed by atoms with Crippen molar-refractivity contribution in [3.05, 3.63) is 77.4 Å². The number of carbonyl (C=O) groups excluding carboxylic acids is 1. The molecule has 0 aliphatic carbocycles. The predicted octanol–water partition coefficient (Wildman–Crippen LogP) is 5.16. The molecule has 0 spiro atoms. The Labute approximate surface area is 202 Å². The molecule has 1 N–H and O–H groups in total. The van der Waals surface area contributed by atoms with Crippen molar-refractivity contribution in [3.8, 4) is 0 Å². The van der Waals surface area contributed by atoms with Gasteiger partial charge in [0.25, 0.3) is 5.91 Å². The van der Waals surface area contributed by atoms with E-state index < -0.39 is 5.97 Å². The van der Waals surface area contributed by atoms with Crippen LogP contribution in [0.1, 0.15) is 40.5 Å². The Morgan fingerprint density at radius 2 is 1.82 bits per heavy atom. The van der Waals surface area contributed by atoms with E-state index in [-0.39, 0.29) is 36.6 Å². The zero-order valence-electron chi connectivity index (χ0n) is 18.7. The van der Waals surface area contributed by atoms with Gasteiger partial charge in [0.05, 0.1) is 5.52 Å². The lowest BCUT2D eigenvalue weighted by Crippen LogP contribution is -2.38. The Morgan fingerprint density at radius 3 is 2.56 bits per heavy atom. The number of amides is 1. The van der Waals surface area contributed by atoms with Crippen molar-refractivity contribution in [2.24, 2.45) is 0 Å². The number of pyridine rings is 1. The SMILES string of the molecule is Cc1c(C2CCN(C(=O)c3ccc4ccccc4n3)CC2)c2cc(F)ccc2n1CC(=O)O.Cl. The molecule has 0 radical (unpaired) electrons. The molecule has 1 fully saturated rings. The smallest absolute Gasteiger partial charge is 0.323 e. The molecule has 2 aromatic heterocycles. The summed E-state index contributed by atoms with van der Waals surface area (Å²) in [5, 5.41) is 11.1. The summed E-state index contributed by atoms with van der Waals surface area (Å²) in [6.45, 7) is 2.86. The van der Waals surface area contributed by atoms with E-state index in [0.717, 1.165) is 45.9 Å². The van der Waals surface area contributed by atoms with Crippen LogP contribution in [0.3, 0.4) is 0 Å². The molecule has 1 aliphatic rings. The van der Waals surface area contributed by atoms with Gasteiger partial charge in [-0.25, -0.2) is 9.37 Å². The molecule has 6 nitrogen and oxygen atoms in total. The fraction of sp³-hybridized carbons (Fsp3) is 0.269. The van der Waals surface area contributed by atoms with Gasteiger partial charge in [0.1, 0.15) is 18.1 Å². The highest BCUT2D eigenvalue weighted by molar-refractivity contribution is 5.95. The van der Waals surface area contributed by atoms with Gasteiger partial charge in [-0.2, -0.15) is 0 Å². The molecule has 4 aromatic rings. The summed E-state index contributed by atoms with van der Waals surface area (Å²) < 4.78 is 15.8. The Bertz CT molecular complexity index is 1390. The van der Waals surface area contributed by atoms with Crippen molar-refractivity contribution in [1.29, 1.82) is 0 Å². The zero-order valence-corrected chi connectivity index (χ0v) is 19.5. The van der Waals surface area contributed by atoms with Gasteiger partial charge in [0.15, 0.2) is 0 Å². The molecule has 0 bridgehead atoms. The van der Waals surface area contributed by atoms with E-state index in [1.165, 1.54) is 12.1 Å². The van der Waals surface area contributed by atoms with Crippen LogP contribution in [0.2, 0.25) is 0 Å². The van der Waals surface area contributed by atoms with E-state index in [4.69, 9.17) is 0 Å². The molecule has 3 heterocycles. The highest BCUT2D eigenvalue weighted by Crippen LogP contribution is 2.38. The first-order valence-electron chi connectivity index (χ1n) is 11.1. The highest BCUT2D eigenvalue weighted by Gasteiger charge is 2.29. The maximum Gasteiger partial charge on any atom is 0.323 e. The molecule has 34 heavy (non-hydrogen) atoms. The van der Waals surface area contributed by atoms with E-state index in [2.05, 4.69) is 4.98 Å². The summed E-state index contributed by atoms with van der Waals surface area (Å²) in [5.41, 5.74) is 3.79. The van der Waals surface area contributed by atoms with E-state index in [1.54, 1.807) is 16.7 Å². The maximum atomic E-state index is 14.1. The molecule has 2 aromatic carbocycles. The number of benzene rings is 2. The number of likely N-dealkylation sites (tertiary alicyclic amines) is 1. The van der Waals surface area contributed by atoms with Gasteiger partial charge >= 0.3 is 5.97 Å². The average molecular weight is 482 g/mol. The third kappa shape index (κ3) is 4.23. The quantitative estimate of drug-likeness (QED) is 0.436.